The van der Waals surface area contributed by atoms with Crippen molar-refractivity contribution in [3.8, 4) is 0 Å². The van der Waals surface area contributed by atoms with E-state index < -0.39 is 0 Å². The molecule has 4 rings (SSSR count). The van der Waals surface area contributed by atoms with Crippen LogP contribution >= 0.6 is 0 Å². The van der Waals surface area contributed by atoms with Gasteiger partial charge in [-0.05, 0) is 63.7 Å². The Kier molecular flexibility index (Phi) is 4.73. The van der Waals surface area contributed by atoms with Gasteiger partial charge in [-0.3, -0.25) is 9.59 Å². The smallest absolute Gasteiger partial charge is 0.263 e. The number of carbonyl (C=O) groups excluding carboxylic acids is 1. The van der Waals surface area contributed by atoms with E-state index in [9.17, 15) is 9.59 Å². The first-order valence-corrected chi connectivity index (χ1v) is 9.77. The lowest BCUT2D eigenvalue weighted by Gasteiger charge is -2.24. The van der Waals surface area contributed by atoms with E-state index in [-0.39, 0.29) is 17.0 Å². The van der Waals surface area contributed by atoms with Crippen molar-refractivity contribution in [1.29, 1.82) is 0 Å². The number of hydrogen-bond acceptors (Lipinski definition) is 3. The van der Waals surface area contributed by atoms with E-state index in [0.29, 0.717) is 18.4 Å². The molecule has 3 aliphatic carbocycles. The quantitative estimate of drug-likeness (QED) is 0.773. The summed E-state index contributed by atoms with van der Waals surface area (Å²) in [6, 6.07) is 0. The second-order valence-corrected chi connectivity index (χ2v) is 7.84. The van der Waals surface area contributed by atoms with Crippen LogP contribution in [0.1, 0.15) is 79.9 Å². The van der Waals surface area contributed by atoms with Crippen LogP contribution in [0, 0.1) is 5.92 Å². The summed E-state index contributed by atoms with van der Waals surface area (Å²) in [4.78, 5) is 34.4. The maximum atomic E-state index is 12.9. The zero-order chi connectivity index (χ0) is 17.2. The molecule has 25 heavy (non-hydrogen) atoms. The van der Waals surface area contributed by atoms with Crippen LogP contribution in [-0.4, -0.2) is 33.9 Å². The minimum atomic E-state index is -0.278. The molecule has 1 amide bonds. The lowest BCUT2D eigenvalue weighted by molar-refractivity contribution is 0.0746. The van der Waals surface area contributed by atoms with E-state index in [4.69, 9.17) is 0 Å². The molecule has 5 nitrogen and oxygen atoms in total. The van der Waals surface area contributed by atoms with Gasteiger partial charge in [0.2, 0.25) is 0 Å². The molecule has 0 spiro atoms. The third-order valence-electron chi connectivity index (χ3n) is 5.56. The lowest BCUT2D eigenvalue weighted by atomic mass is 9.97. The Hall–Kier alpha value is -1.91. The summed E-state index contributed by atoms with van der Waals surface area (Å²) in [5, 5.41) is 0. The Bertz CT molecular complexity index is 729. The number of aromatic nitrogens is 2. The molecule has 0 unspecified atom stereocenters. The monoisotopic (exact) mass is 341 g/mol. The van der Waals surface area contributed by atoms with E-state index in [0.717, 1.165) is 44.5 Å². The highest BCUT2D eigenvalue weighted by molar-refractivity contribution is 5.93. The van der Waals surface area contributed by atoms with Gasteiger partial charge in [0.1, 0.15) is 11.4 Å². The molecule has 3 aliphatic rings. The van der Waals surface area contributed by atoms with Crippen LogP contribution in [-0.2, 0) is 0 Å². The van der Waals surface area contributed by atoms with E-state index in [1.807, 2.05) is 4.90 Å². The number of hydrogen-bond donors (Lipinski definition) is 1. The Labute approximate surface area is 148 Å². The summed E-state index contributed by atoms with van der Waals surface area (Å²) in [6.45, 7) is 1.49. The molecule has 134 valence electrons. The largest absolute Gasteiger partial charge is 0.338 e. The fraction of sp³-hybridized carbons (Fsp3) is 0.650. The molecule has 2 saturated carbocycles. The number of aromatic amines is 1. The molecule has 1 aromatic rings. The molecular formula is C20H27N3O2. The predicted molar refractivity (Wildman–Crippen MR) is 96.6 cm³/mol. The van der Waals surface area contributed by atoms with Crippen LogP contribution in [0.5, 0.6) is 0 Å². The molecule has 5 heteroatoms. The van der Waals surface area contributed by atoms with E-state index >= 15 is 0 Å². The fourth-order valence-corrected chi connectivity index (χ4v) is 3.59. The van der Waals surface area contributed by atoms with Crippen molar-refractivity contribution in [2.45, 2.75) is 63.7 Å². The van der Waals surface area contributed by atoms with Crippen LogP contribution < -0.4 is 5.56 Å². The molecule has 0 aromatic carbocycles. The maximum absolute atomic E-state index is 12.9. The second kappa shape index (κ2) is 7.14. The number of rotatable bonds is 7. The van der Waals surface area contributed by atoms with Gasteiger partial charge >= 0.3 is 0 Å². The summed E-state index contributed by atoms with van der Waals surface area (Å²) in [7, 11) is 0. The third-order valence-corrected chi connectivity index (χ3v) is 5.56. The second-order valence-electron chi connectivity index (χ2n) is 7.84. The van der Waals surface area contributed by atoms with Crippen molar-refractivity contribution in [2.75, 3.05) is 13.1 Å². The first-order chi connectivity index (χ1) is 12.2. The molecule has 0 aliphatic heterocycles. The van der Waals surface area contributed by atoms with Gasteiger partial charge in [-0.25, -0.2) is 4.98 Å². The van der Waals surface area contributed by atoms with E-state index in [1.165, 1.54) is 37.5 Å². The van der Waals surface area contributed by atoms with Crippen molar-refractivity contribution in [3.05, 3.63) is 39.6 Å². The zero-order valence-corrected chi connectivity index (χ0v) is 14.8. The van der Waals surface area contributed by atoms with E-state index in [1.54, 1.807) is 0 Å². The molecule has 0 atom stereocenters. The number of nitrogens with one attached hydrogen (secondary N) is 1. The molecule has 1 heterocycles. The minimum Gasteiger partial charge on any atom is -0.338 e. The summed E-state index contributed by atoms with van der Waals surface area (Å²) < 4.78 is 0. The van der Waals surface area contributed by atoms with Crippen LogP contribution in [0.15, 0.2) is 22.6 Å². The third kappa shape index (κ3) is 4.20. The molecular weight excluding hydrogens is 314 g/mol. The Morgan fingerprint density at radius 2 is 2.08 bits per heavy atom. The minimum absolute atomic E-state index is 0.153. The molecule has 0 saturated heterocycles. The predicted octanol–water partition coefficient (Wildman–Crippen LogP) is 3.39. The fourth-order valence-electron chi connectivity index (χ4n) is 3.59. The van der Waals surface area contributed by atoms with Gasteiger partial charge in [-0.1, -0.05) is 11.6 Å². The maximum Gasteiger partial charge on any atom is 0.263 e. The standard InChI is InChI=1S/C20H27N3O2/c24-19-17(12-21-18(22-19)16-8-9-16)20(25)23(13-15-6-7-15)11-10-14-4-2-1-3-5-14/h4,12,15-16H,1-3,5-11,13H2,(H,21,22,24). The Morgan fingerprint density at radius 1 is 1.24 bits per heavy atom. The number of carbonyl (C=O) groups is 1. The van der Waals surface area contributed by atoms with Gasteiger partial charge in [0.05, 0.1) is 0 Å². The highest BCUT2D eigenvalue weighted by Gasteiger charge is 2.30. The lowest BCUT2D eigenvalue weighted by Crippen LogP contribution is -2.37. The number of nitrogens with zero attached hydrogens (tertiary/aromatic N) is 2. The molecule has 1 aromatic heterocycles. The molecule has 2 fully saturated rings. The van der Waals surface area contributed by atoms with Crippen LogP contribution in [0.3, 0.4) is 0 Å². The van der Waals surface area contributed by atoms with Crippen LogP contribution in [0.2, 0.25) is 0 Å². The Morgan fingerprint density at radius 3 is 2.72 bits per heavy atom. The van der Waals surface area contributed by atoms with Gasteiger partial charge in [0.15, 0.2) is 0 Å². The number of allylic oxidation sites excluding steroid dienone is 1. The van der Waals surface area contributed by atoms with Crippen molar-refractivity contribution >= 4 is 5.91 Å². The van der Waals surface area contributed by atoms with Crippen molar-refractivity contribution < 1.29 is 4.79 Å². The van der Waals surface area contributed by atoms with Gasteiger partial charge in [-0.15, -0.1) is 0 Å². The molecule has 0 radical (unpaired) electrons. The SMILES string of the molecule is O=C(c1cnc(C2CC2)[nH]c1=O)N(CCC1=CCCCC1)CC1CC1. The summed E-state index contributed by atoms with van der Waals surface area (Å²) in [6.07, 6.45) is 14.2. The van der Waals surface area contributed by atoms with E-state index in [2.05, 4.69) is 16.0 Å². The average molecular weight is 341 g/mol. The highest BCUT2D eigenvalue weighted by Crippen LogP contribution is 2.37. The van der Waals surface area contributed by atoms with Gasteiger partial charge < -0.3 is 9.88 Å². The van der Waals surface area contributed by atoms with Crippen LogP contribution in [0.4, 0.5) is 0 Å². The van der Waals surface area contributed by atoms with Crippen LogP contribution in [0.25, 0.3) is 0 Å². The summed E-state index contributed by atoms with van der Waals surface area (Å²) >= 11 is 0. The highest BCUT2D eigenvalue weighted by atomic mass is 16.2. The van der Waals surface area contributed by atoms with Crippen molar-refractivity contribution in [2.24, 2.45) is 5.92 Å². The summed E-state index contributed by atoms with van der Waals surface area (Å²) in [5.41, 5.74) is 1.39. The number of amides is 1. The van der Waals surface area contributed by atoms with Gasteiger partial charge in [0.25, 0.3) is 11.5 Å². The first-order valence-electron chi connectivity index (χ1n) is 9.77. The topological polar surface area (TPSA) is 66.1 Å². The van der Waals surface area contributed by atoms with Gasteiger partial charge in [0, 0.05) is 25.2 Å². The molecule has 0 bridgehead atoms. The normalized spacial score (nSPS) is 20.2. The summed E-state index contributed by atoms with van der Waals surface area (Å²) in [5.74, 6) is 1.58. The first kappa shape index (κ1) is 16.6. The zero-order valence-electron chi connectivity index (χ0n) is 14.8. The molecule has 1 N–H and O–H groups in total. The van der Waals surface area contributed by atoms with Gasteiger partial charge in [-0.2, -0.15) is 0 Å². The van der Waals surface area contributed by atoms with Crippen molar-refractivity contribution in [3.63, 3.8) is 0 Å². The van der Waals surface area contributed by atoms with Crippen molar-refractivity contribution in [1.82, 2.24) is 14.9 Å². The Balaban J connectivity index is 1.46. The average Bonchev–Trinajstić information content (AvgIpc) is 3.53. The number of H-pyrrole nitrogens is 1.